The number of amides is 1. The molecule has 3 aromatic rings. The van der Waals surface area contributed by atoms with Crippen LogP contribution >= 0.6 is 11.3 Å². The van der Waals surface area contributed by atoms with Gasteiger partial charge in [0.05, 0.1) is 20.1 Å². The number of rotatable bonds is 7. The molecule has 0 radical (unpaired) electrons. The van der Waals surface area contributed by atoms with Crippen LogP contribution in [0.1, 0.15) is 17.0 Å². The largest absolute Gasteiger partial charge is 0.352 e. The third-order valence-corrected chi connectivity index (χ3v) is 7.12. The topological polar surface area (TPSA) is 79.4 Å². The minimum absolute atomic E-state index is 0.133. The normalized spacial score (nSPS) is 11.8. The summed E-state index contributed by atoms with van der Waals surface area (Å²) in [6.45, 7) is 0.169. The first-order valence-electron chi connectivity index (χ1n) is 8.49. The van der Waals surface area contributed by atoms with Crippen LogP contribution in [0.5, 0.6) is 0 Å². The average Bonchev–Trinajstić information content (AvgIpc) is 3.07. The summed E-state index contributed by atoms with van der Waals surface area (Å²) >= 11 is 1.59. The highest BCUT2D eigenvalue weighted by Gasteiger charge is 2.20. The molecule has 0 aliphatic carbocycles. The van der Waals surface area contributed by atoms with Crippen molar-refractivity contribution in [3.63, 3.8) is 0 Å². The lowest BCUT2D eigenvalue weighted by molar-refractivity contribution is -0.121. The second-order valence-electron chi connectivity index (χ2n) is 6.25. The summed E-state index contributed by atoms with van der Waals surface area (Å²) in [5.41, 5.74) is 1.51. The number of sulfonamides is 1. The van der Waals surface area contributed by atoms with Gasteiger partial charge in [-0.2, -0.15) is 0 Å². The number of carbonyl (C=O) groups excluding carboxylic acids is 1. The van der Waals surface area contributed by atoms with E-state index in [-0.39, 0.29) is 17.3 Å². The van der Waals surface area contributed by atoms with Crippen LogP contribution in [0.4, 0.5) is 0 Å². The maximum absolute atomic E-state index is 12.4. The van der Waals surface area contributed by atoms with E-state index in [1.54, 1.807) is 35.6 Å². The number of fused-ring (bicyclic) bond motifs is 1. The van der Waals surface area contributed by atoms with Gasteiger partial charge >= 0.3 is 0 Å². The van der Waals surface area contributed by atoms with Crippen LogP contribution in [0.3, 0.4) is 0 Å². The van der Waals surface area contributed by atoms with E-state index >= 15 is 0 Å². The Labute approximate surface area is 162 Å². The van der Waals surface area contributed by atoms with Gasteiger partial charge < -0.3 is 5.32 Å². The Morgan fingerprint density at radius 3 is 2.56 bits per heavy atom. The summed E-state index contributed by atoms with van der Waals surface area (Å²) in [6.07, 6.45) is 0.866. The fourth-order valence-corrected chi connectivity index (χ4v) is 4.71. The lowest BCUT2D eigenvalue weighted by atomic mass is 10.2. The summed E-state index contributed by atoms with van der Waals surface area (Å²) in [6, 6.07) is 14.6. The van der Waals surface area contributed by atoms with E-state index in [1.807, 2.05) is 24.3 Å². The Morgan fingerprint density at radius 1 is 1.11 bits per heavy atom. The first-order valence-corrected chi connectivity index (χ1v) is 10.7. The Kier molecular flexibility index (Phi) is 5.88. The van der Waals surface area contributed by atoms with Crippen molar-refractivity contribution in [1.29, 1.82) is 0 Å². The molecule has 1 heterocycles. The van der Waals surface area contributed by atoms with E-state index in [2.05, 4.69) is 10.3 Å². The van der Waals surface area contributed by atoms with Crippen molar-refractivity contribution in [1.82, 2.24) is 14.6 Å². The lowest BCUT2D eigenvalue weighted by Crippen LogP contribution is -2.27. The van der Waals surface area contributed by atoms with Gasteiger partial charge in [0.15, 0.2) is 0 Å². The molecule has 8 heteroatoms. The number of nitrogens with one attached hydrogen (secondary N) is 1. The molecule has 0 fully saturated rings. The standard InChI is InChI=1S/C19H21N3O3S2/c1-22(2)27(24,25)17-10-6-3-7-14(17)13-20-18(23)11-12-19-21-15-8-4-5-9-16(15)26-19/h3-10H,11-13H2,1-2H3,(H,20,23). The van der Waals surface area contributed by atoms with Crippen LogP contribution in [0, 0.1) is 0 Å². The highest BCUT2D eigenvalue weighted by Crippen LogP contribution is 2.22. The Hall–Kier alpha value is -2.29. The second-order valence-corrected chi connectivity index (χ2v) is 9.48. The van der Waals surface area contributed by atoms with Crippen LogP contribution in [0.25, 0.3) is 10.2 Å². The molecule has 0 spiro atoms. The van der Waals surface area contributed by atoms with Crippen molar-refractivity contribution < 1.29 is 13.2 Å². The SMILES string of the molecule is CN(C)S(=O)(=O)c1ccccc1CNC(=O)CCc1nc2ccccc2s1. The summed E-state index contributed by atoms with van der Waals surface area (Å²) in [5, 5.41) is 3.73. The molecule has 0 atom stereocenters. The minimum atomic E-state index is -3.55. The number of aromatic nitrogens is 1. The smallest absolute Gasteiger partial charge is 0.242 e. The Balaban J connectivity index is 1.61. The molecule has 0 aliphatic rings. The Morgan fingerprint density at radius 2 is 1.81 bits per heavy atom. The van der Waals surface area contributed by atoms with Gasteiger partial charge in [-0.3, -0.25) is 4.79 Å². The van der Waals surface area contributed by atoms with Crippen molar-refractivity contribution in [2.24, 2.45) is 0 Å². The zero-order valence-electron chi connectivity index (χ0n) is 15.2. The fourth-order valence-electron chi connectivity index (χ4n) is 2.63. The molecule has 6 nitrogen and oxygen atoms in total. The van der Waals surface area contributed by atoms with Crippen LogP contribution in [-0.4, -0.2) is 37.7 Å². The molecule has 0 saturated carbocycles. The number of para-hydroxylation sites is 1. The third kappa shape index (κ3) is 4.52. The predicted molar refractivity (Wildman–Crippen MR) is 107 cm³/mol. The van der Waals surface area contributed by atoms with Crippen molar-refractivity contribution in [3.8, 4) is 0 Å². The monoisotopic (exact) mass is 403 g/mol. The van der Waals surface area contributed by atoms with Crippen LogP contribution in [-0.2, 0) is 27.8 Å². The molecule has 2 aromatic carbocycles. The van der Waals surface area contributed by atoms with Gasteiger partial charge in [0.1, 0.15) is 0 Å². The maximum Gasteiger partial charge on any atom is 0.242 e. The molecule has 142 valence electrons. The number of thiazole rings is 1. The number of benzene rings is 2. The van der Waals surface area contributed by atoms with Gasteiger partial charge in [-0.25, -0.2) is 17.7 Å². The van der Waals surface area contributed by atoms with E-state index in [1.165, 1.54) is 18.4 Å². The van der Waals surface area contributed by atoms with Gasteiger partial charge in [-0.15, -0.1) is 11.3 Å². The second kappa shape index (κ2) is 8.16. The van der Waals surface area contributed by atoms with E-state index in [0.717, 1.165) is 15.2 Å². The lowest BCUT2D eigenvalue weighted by Gasteiger charge is -2.15. The van der Waals surface area contributed by atoms with Crippen molar-refractivity contribution in [2.45, 2.75) is 24.3 Å². The molecule has 3 rings (SSSR count). The molecule has 27 heavy (non-hydrogen) atoms. The molecule has 1 N–H and O–H groups in total. The highest BCUT2D eigenvalue weighted by atomic mass is 32.2. The van der Waals surface area contributed by atoms with Crippen molar-refractivity contribution in [2.75, 3.05) is 14.1 Å². The molecule has 0 unspecified atom stereocenters. The quantitative estimate of drug-likeness (QED) is 0.658. The van der Waals surface area contributed by atoms with Gasteiger partial charge in [0, 0.05) is 33.5 Å². The summed E-state index contributed by atoms with van der Waals surface area (Å²) in [5.74, 6) is -0.133. The van der Waals surface area contributed by atoms with Gasteiger partial charge in [0.2, 0.25) is 15.9 Å². The van der Waals surface area contributed by atoms with Crippen LogP contribution < -0.4 is 5.32 Å². The van der Waals surface area contributed by atoms with E-state index in [0.29, 0.717) is 18.4 Å². The van der Waals surface area contributed by atoms with Crippen molar-refractivity contribution >= 4 is 37.5 Å². The summed E-state index contributed by atoms with van der Waals surface area (Å²) in [7, 11) is -0.574. The fraction of sp³-hybridized carbons (Fsp3) is 0.263. The molecule has 0 aliphatic heterocycles. The average molecular weight is 404 g/mol. The molecular formula is C19H21N3O3S2. The van der Waals surface area contributed by atoms with E-state index in [4.69, 9.17) is 0 Å². The first kappa shape index (κ1) is 19.5. The van der Waals surface area contributed by atoms with E-state index < -0.39 is 10.0 Å². The van der Waals surface area contributed by atoms with Crippen LogP contribution in [0.15, 0.2) is 53.4 Å². The zero-order valence-corrected chi connectivity index (χ0v) is 16.8. The van der Waals surface area contributed by atoms with E-state index in [9.17, 15) is 13.2 Å². The minimum Gasteiger partial charge on any atom is -0.352 e. The molecular weight excluding hydrogens is 382 g/mol. The predicted octanol–water partition coefficient (Wildman–Crippen LogP) is 2.80. The van der Waals surface area contributed by atoms with Gasteiger partial charge in [-0.1, -0.05) is 30.3 Å². The van der Waals surface area contributed by atoms with Gasteiger partial charge in [0.25, 0.3) is 0 Å². The Bertz CT molecular complexity index is 1030. The first-order chi connectivity index (χ1) is 12.9. The number of aryl methyl sites for hydroxylation is 1. The number of nitrogens with zero attached hydrogens (tertiary/aromatic N) is 2. The summed E-state index contributed by atoms with van der Waals surface area (Å²) in [4.78, 5) is 16.9. The molecule has 0 saturated heterocycles. The van der Waals surface area contributed by atoms with Gasteiger partial charge in [-0.05, 0) is 23.8 Å². The zero-order chi connectivity index (χ0) is 19.4. The number of hydrogen-bond donors (Lipinski definition) is 1. The molecule has 1 aromatic heterocycles. The number of hydrogen-bond acceptors (Lipinski definition) is 5. The number of carbonyl (C=O) groups is 1. The van der Waals surface area contributed by atoms with Crippen molar-refractivity contribution in [3.05, 3.63) is 59.1 Å². The van der Waals surface area contributed by atoms with Crippen LogP contribution in [0.2, 0.25) is 0 Å². The molecule has 1 amide bonds. The third-order valence-electron chi connectivity index (χ3n) is 4.11. The maximum atomic E-state index is 12.4. The summed E-state index contributed by atoms with van der Waals surface area (Å²) < 4.78 is 27.1. The highest BCUT2D eigenvalue weighted by molar-refractivity contribution is 7.89. The molecule has 0 bridgehead atoms.